The molecule has 0 fully saturated rings. The molecule has 0 saturated heterocycles. The minimum atomic E-state index is -0.755. The average Bonchev–Trinajstić information content (AvgIpc) is 2.19. The number of unbranched alkanes of at least 4 members (excludes halogenated alkanes) is 1. The summed E-state index contributed by atoms with van der Waals surface area (Å²) in [5.41, 5.74) is 0. The Morgan fingerprint density at radius 2 is 1.79 bits per heavy atom. The van der Waals surface area contributed by atoms with Crippen molar-refractivity contribution in [2.24, 2.45) is 0 Å². The average molecular weight is 252 g/mol. The third-order valence-corrected chi connectivity index (χ3v) is 8.77. The molecule has 0 aliphatic carbocycles. The summed E-state index contributed by atoms with van der Waals surface area (Å²) in [4.78, 5) is 0. The van der Waals surface area contributed by atoms with Crippen molar-refractivity contribution in [3.63, 3.8) is 0 Å². The van der Waals surface area contributed by atoms with Gasteiger partial charge in [-0.15, -0.1) is 0 Å². The van der Waals surface area contributed by atoms with Gasteiger partial charge in [-0.05, 0) is 0 Å². The Kier molecular flexibility index (Phi) is 5.33. The van der Waals surface area contributed by atoms with E-state index in [1.807, 2.05) is 0 Å². The van der Waals surface area contributed by atoms with Crippen LogP contribution in [-0.4, -0.2) is 14.7 Å². The Labute approximate surface area is 93.0 Å². The number of rotatable bonds is 5. The van der Waals surface area contributed by atoms with Crippen LogP contribution in [0.5, 0.6) is 0 Å². The van der Waals surface area contributed by atoms with Gasteiger partial charge in [-0.25, -0.2) is 0 Å². The van der Waals surface area contributed by atoms with Crippen LogP contribution < -0.4 is 4.35 Å². The van der Waals surface area contributed by atoms with Gasteiger partial charge in [-0.3, -0.25) is 0 Å². The maximum absolute atomic E-state index is 2.39. The van der Waals surface area contributed by atoms with Crippen molar-refractivity contribution in [3.8, 4) is 0 Å². The van der Waals surface area contributed by atoms with Gasteiger partial charge in [0.15, 0.2) is 0 Å². The second-order valence-electron chi connectivity index (χ2n) is 3.98. The molecule has 0 aliphatic rings. The molecule has 0 spiro atoms. The van der Waals surface area contributed by atoms with Crippen LogP contribution in [0, 0.1) is 0 Å². The van der Waals surface area contributed by atoms with E-state index in [9.17, 15) is 0 Å². The van der Waals surface area contributed by atoms with Gasteiger partial charge >= 0.3 is 92.9 Å². The van der Waals surface area contributed by atoms with E-state index in [1.54, 1.807) is 4.35 Å². The van der Waals surface area contributed by atoms with Crippen LogP contribution in [0.4, 0.5) is 0 Å². The predicted octanol–water partition coefficient (Wildman–Crippen LogP) is 3.60. The molecule has 0 aliphatic heterocycles. The maximum atomic E-state index is 2.39. The molecule has 0 heterocycles. The molecule has 1 atom stereocenters. The normalized spacial score (nSPS) is 13.1. The molecule has 1 aromatic rings. The summed E-state index contributed by atoms with van der Waals surface area (Å²) in [7, 11) is 0. The Bertz CT molecular complexity index is 241. The van der Waals surface area contributed by atoms with Crippen LogP contribution in [0.25, 0.3) is 0 Å². The zero-order valence-corrected chi connectivity index (χ0v) is 11.4. The third kappa shape index (κ3) is 3.50. The molecule has 0 N–H and O–H groups in total. The monoisotopic (exact) mass is 252 g/mol. The first-order valence-corrected chi connectivity index (χ1v) is 8.92. The van der Waals surface area contributed by atoms with Crippen LogP contribution in [0.1, 0.15) is 33.6 Å². The minimum absolute atomic E-state index is 0.755. The topological polar surface area (TPSA) is 0 Å². The van der Waals surface area contributed by atoms with Gasteiger partial charge < -0.3 is 0 Å². The Balaban J connectivity index is 2.68. The molecule has 0 radical (unpaired) electrons. The third-order valence-electron chi connectivity index (χ3n) is 2.46. The molecule has 78 valence electrons. The first-order valence-electron chi connectivity index (χ1n) is 5.57. The van der Waals surface area contributed by atoms with E-state index in [4.69, 9.17) is 0 Å². The van der Waals surface area contributed by atoms with Gasteiger partial charge in [0.25, 0.3) is 0 Å². The predicted molar refractivity (Wildman–Crippen MR) is 66.6 cm³/mol. The fraction of sp³-hybridized carbons (Fsp3) is 0.538. The van der Waals surface area contributed by atoms with Gasteiger partial charge in [-0.1, -0.05) is 0 Å². The molecular formula is C13H21As. The van der Waals surface area contributed by atoms with Crippen LogP contribution >= 0.6 is 0 Å². The summed E-state index contributed by atoms with van der Waals surface area (Å²) in [5, 5.41) is 1.48. The standard InChI is InChI=1S/C13H21As/c1-4-5-11-14(12(2)3)13-9-7-6-8-10-13/h6-10,12H,4-5,11H2,1-3H3. The van der Waals surface area contributed by atoms with E-state index in [-0.39, 0.29) is 0 Å². The van der Waals surface area contributed by atoms with Crippen molar-refractivity contribution in [1.29, 1.82) is 0 Å². The molecule has 0 amide bonds. The molecule has 1 rings (SSSR count). The summed E-state index contributed by atoms with van der Waals surface area (Å²) in [5.74, 6) is 0. The molecule has 0 aromatic heterocycles. The Morgan fingerprint density at radius 3 is 2.29 bits per heavy atom. The van der Waals surface area contributed by atoms with E-state index in [1.165, 1.54) is 18.1 Å². The van der Waals surface area contributed by atoms with Crippen molar-refractivity contribution >= 4 is 19.0 Å². The van der Waals surface area contributed by atoms with Crippen molar-refractivity contribution in [3.05, 3.63) is 30.3 Å². The van der Waals surface area contributed by atoms with Crippen LogP contribution in [0.15, 0.2) is 30.3 Å². The molecule has 14 heavy (non-hydrogen) atoms. The Hall–Kier alpha value is -0.222. The Morgan fingerprint density at radius 1 is 1.14 bits per heavy atom. The van der Waals surface area contributed by atoms with Gasteiger partial charge in [-0.2, -0.15) is 0 Å². The summed E-state index contributed by atoms with van der Waals surface area (Å²) in [6.07, 6.45) is 2.75. The summed E-state index contributed by atoms with van der Waals surface area (Å²) in [6, 6.07) is 11.2. The van der Waals surface area contributed by atoms with Crippen LogP contribution in [0.3, 0.4) is 0 Å². The van der Waals surface area contributed by atoms with E-state index in [0.717, 1.165) is 4.71 Å². The van der Waals surface area contributed by atoms with Crippen LogP contribution in [0.2, 0.25) is 9.91 Å². The fourth-order valence-electron chi connectivity index (χ4n) is 1.63. The molecule has 0 bridgehead atoms. The molecular weight excluding hydrogens is 231 g/mol. The number of hydrogen-bond donors (Lipinski definition) is 0. The second-order valence-corrected chi connectivity index (χ2v) is 10.1. The molecule has 1 heteroatoms. The molecule has 0 saturated carbocycles. The quantitative estimate of drug-likeness (QED) is 0.702. The number of hydrogen-bond acceptors (Lipinski definition) is 0. The van der Waals surface area contributed by atoms with Gasteiger partial charge in [0, 0.05) is 0 Å². The summed E-state index contributed by atoms with van der Waals surface area (Å²) >= 11 is -0.755. The van der Waals surface area contributed by atoms with Gasteiger partial charge in [0.1, 0.15) is 0 Å². The fourth-order valence-corrected chi connectivity index (χ4v) is 7.05. The molecule has 0 nitrogen and oxygen atoms in total. The SMILES string of the molecule is CCCC[As](c1ccccc1)C(C)C. The first kappa shape index (κ1) is 11.9. The van der Waals surface area contributed by atoms with E-state index < -0.39 is 14.7 Å². The van der Waals surface area contributed by atoms with Crippen molar-refractivity contribution < 1.29 is 0 Å². The molecule has 1 unspecified atom stereocenters. The zero-order valence-electron chi connectivity index (χ0n) is 9.53. The van der Waals surface area contributed by atoms with Crippen LogP contribution in [-0.2, 0) is 0 Å². The molecule has 1 aromatic carbocycles. The summed E-state index contributed by atoms with van der Waals surface area (Å²) < 4.78 is 2.56. The zero-order chi connectivity index (χ0) is 10.4. The second kappa shape index (κ2) is 6.30. The van der Waals surface area contributed by atoms with Gasteiger partial charge in [0.2, 0.25) is 0 Å². The van der Waals surface area contributed by atoms with Crippen molar-refractivity contribution in [2.75, 3.05) is 0 Å². The van der Waals surface area contributed by atoms with E-state index in [2.05, 4.69) is 51.1 Å². The van der Waals surface area contributed by atoms with E-state index >= 15 is 0 Å². The first-order chi connectivity index (χ1) is 6.75. The van der Waals surface area contributed by atoms with E-state index in [0.29, 0.717) is 0 Å². The van der Waals surface area contributed by atoms with Crippen molar-refractivity contribution in [2.45, 2.75) is 43.5 Å². The summed E-state index contributed by atoms with van der Waals surface area (Å²) in [6.45, 7) is 7.07. The number of benzene rings is 1. The van der Waals surface area contributed by atoms with Gasteiger partial charge in [0.05, 0.1) is 0 Å². The van der Waals surface area contributed by atoms with Crippen molar-refractivity contribution in [1.82, 2.24) is 0 Å².